The maximum atomic E-state index is 11.9. The second-order valence-corrected chi connectivity index (χ2v) is 5.12. The molecule has 1 aromatic rings. The number of carbonyl (C=O) groups is 1. The molecule has 1 N–H and O–H groups in total. The van der Waals surface area contributed by atoms with Gasteiger partial charge < -0.3 is 15.0 Å². The van der Waals surface area contributed by atoms with E-state index in [1.165, 1.54) is 0 Å². The number of fused-ring (bicyclic) bond motifs is 1. The third-order valence-corrected chi connectivity index (χ3v) is 3.85. The molecule has 2 saturated heterocycles. The zero-order valence-corrected chi connectivity index (χ0v) is 11.6. The van der Waals surface area contributed by atoms with E-state index >= 15 is 0 Å². The largest absolute Gasteiger partial charge is 0.445 e. The zero-order chi connectivity index (χ0) is 12.4. The van der Waals surface area contributed by atoms with Crippen LogP contribution in [0.2, 0.25) is 0 Å². The molecule has 0 radical (unpaired) electrons. The van der Waals surface area contributed by atoms with Crippen molar-refractivity contribution in [2.75, 3.05) is 26.2 Å². The normalized spacial score (nSPS) is 24.7. The van der Waals surface area contributed by atoms with Gasteiger partial charge in [0.05, 0.1) is 0 Å². The van der Waals surface area contributed by atoms with Crippen LogP contribution >= 0.6 is 12.4 Å². The molecule has 2 heterocycles. The maximum absolute atomic E-state index is 11.9. The van der Waals surface area contributed by atoms with Crippen LogP contribution in [0, 0.1) is 11.8 Å². The van der Waals surface area contributed by atoms with Crippen LogP contribution in [0.25, 0.3) is 0 Å². The van der Waals surface area contributed by atoms with E-state index in [9.17, 15) is 4.79 Å². The first-order valence-corrected chi connectivity index (χ1v) is 6.49. The highest BCUT2D eigenvalue weighted by Gasteiger charge is 2.38. The second-order valence-electron chi connectivity index (χ2n) is 5.12. The molecule has 0 unspecified atom stereocenters. The number of carbonyl (C=O) groups excluding carboxylic acids is 1. The lowest BCUT2D eigenvalue weighted by atomic mass is 10.0. The molecule has 5 heteroatoms. The Kier molecular flexibility index (Phi) is 4.66. The molecule has 19 heavy (non-hydrogen) atoms. The molecule has 0 aromatic heterocycles. The summed E-state index contributed by atoms with van der Waals surface area (Å²) in [6, 6.07) is 9.80. The smallest absolute Gasteiger partial charge is 0.410 e. The average Bonchev–Trinajstić information content (AvgIpc) is 2.98. The van der Waals surface area contributed by atoms with Crippen molar-refractivity contribution in [3.63, 3.8) is 0 Å². The Labute approximate surface area is 119 Å². The summed E-state index contributed by atoms with van der Waals surface area (Å²) in [6.45, 7) is 4.11. The molecule has 0 saturated carbocycles. The molecular formula is C14H19ClN2O2. The van der Waals surface area contributed by atoms with E-state index in [2.05, 4.69) is 5.32 Å². The fourth-order valence-corrected chi connectivity index (χ4v) is 2.82. The molecule has 4 nitrogen and oxygen atoms in total. The van der Waals surface area contributed by atoms with Crippen molar-refractivity contribution >= 4 is 18.5 Å². The predicted molar refractivity (Wildman–Crippen MR) is 75.3 cm³/mol. The summed E-state index contributed by atoms with van der Waals surface area (Å²) in [5.41, 5.74) is 1.03. The van der Waals surface area contributed by atoms with E-state index in [1.54, 1.807) is 0 Å². The molecular weight excluding hydrogens is 264 g/mol. The number of hydrogen-bond acceptors (Lipinski definition) is 3. The number of halogens is 1. The number of rotatable bonds is 2. The standard InChI is InChI=1S/C14H18N2O2.ClH/c17-14(18-10-11-4-2-1-3-5-11)16-8-12-6-15-7-13(12)9-16;/h1-5,12-13,15H,6-10H2;1H/t12-,13+;. The number of benzene rings is 1. The van der Waals surface area contributed by atoms with Gasteiger partial charge in [0, 0.05) is 26.2 Å². The molecule has 2 aliphatic heterocycles. The van der Waals surface area contributed by atoms with E-state index in [1.807, 2.05) is 35.2 Å². The van der Waals surface area contributed by atoms with Crippen molar-refractivity contribution in [2.45, 2.75) is 6.61 Å². The molecule has 104 valence electrons. The lowest BCUT2D eigenvalue weighted by Gasteiger charge is -2.17. The van der Waals surface area contributed by atoms with Gasteiger partial charge in [-0.15, -0.1) is 12.4 Å². The Morgan fingerprint density at radius 2 is 1.84 bits per heavy atom. The van der Waals surface area contributed by atoms with E-state index in [-0.39, 0.29) is 18.5 Å². The Hall–Kier alpha value is -1.26. The van der Waals surface area contributed by atoms with E-state index < -0.39 is 0 Å². The van der Waals surface area contributed by atoms with Crippen LogP contribution in [0.15, 0.2) is 30.3 Å². The minimum Gasteiger partial charge on any atom is -0.445 e. The molecule has 3 rings (SSSR count). The summed E-state index contributed by atoms with van der Waals surface area (Å²) in [6.07, 6.45) is -0.173. The molecule has 0 spiro atoms. The van der Waals surface area contributed by atoms with Gasteiger partial charge in [-0.05, 0) is 17.4 Å². The van der Waals surface area contributed by atoms with Crippen molar-refractivity contribution in [3.8, 4) is 0 Å². The van der Waals surface area contributed by atoms with Crippen molar-refractivity contribution in [1.82, 2.24) is 10.2 Å². The number of hydrogen-bond donors (Lipinski definition) is 1. The maximum Gasteiger partial charge on any atom is 0.410 e. The molecule has 2 aliphatic rings. The van der Waals surface area contributed by atoms with Crippen molar-refractivity contribution in [2.24, 2.45) is 11.8 Å². The summed E-state index contributed by atoms with van der Waals surface area (Å²) in [7, 11) is 0. The van der Waals surface area contributed by atoms with Crippen molar-refractivity contribution in [3.05, 3.63) is 35.9 Å². The highest BCUT2D eigenvalue weighted by molar-refractivity contribution is 5.85. The molecule has 1 amide bonds. The van der Waals surface area contributed by atoms with Crippen LogP contribution in [0.1, 0.15) is 5.56 Å². The number of nitrogens with one attached hydrogen (secondary N) is 1. The van der Waals surface area contributed by atoms with Crippen LogP contribution in [0.3, 0.4) is 0 Å². The minimum atomic E-state index is -0.173. The fourth-order valence-electron chi connectivity index (χ4n) is 2.82. The number of ether oxygens (including phenoxy) is 1. The van der Waals surface area contributed by atoms with Crippen LogP contribution in [-0.2, 0) is 11.3 Å². The summed E-state index contributed by atoms with van der Waals surface area (Å²) < 4.78 is 5.34. The molecule has 0 aliphatic carbocycles. The van der Waals surface area contributed by atoms with Gasteiger partial charge in [0.2, 0.25) is 0 Å². The van der Waals surface area contributed by atoms with Gasteiger partial charge in [-0.1, -0.05) is 30.3 Å². The van der Waals surface area contributed by atoms with Crippen molar-refractivity contribution < 1.29 is 9.53 Å². The highest BCUT2D eigenvalue weighted by Crippen LogP contribution is 2.26. The zero-order valence-electron chi connectivity index (χ0n) is 10.7. The van der Waals surface area contributed by atoms with E-state index in [4.69, 9.17) is 4.74 Å². The van der Waals surface area contributed by atoms with Crippen LogP contribution in [0.5, 0.6) is 0 Å². The Balaban J connectivity index is 0.00000133. The number of likely N-dealkylation sites (tertiary alicyclic amines) is 1. The van der Waals surface area contributed by atoms with Gasteiger partial charge in [0.25, 0.3) is 0 Å². The lowest BCUT2D eigenvalue weighted by Crippen LogP contribution is -2.32. The molecule has 0 bridgehead atoms. The van der Waals surface area contributed by atoms with Gasteiger partial charge in [0.1, 0.15) is 6.61 Å². The van der Waals surface area contributed by atoms with Crippen LogP contribution < -0.4 is 5.32 Å². The first-order chi connectivity index (χ1) is 8.83. The molecule has 1 aromatic carbocycles. The van der Waals surface area contributed by atoms with Crippen molar-refractivity contribution in [1.29, 1.82) is 0 Å². The first-order valence-electron chi connectivity index (χ1n) is 6.49. The SMILES string of the molecule is Cl.O=C(OCc1ccccc1)N1C[C@H]2CNC[C@H]2C1. The first kappa shape index (κ1) is 14.2. The quantitative estimate of drug-likeness (QED) is 0.901. The Bertz CT molecular complexity index is 415. The number of nitrogens with zero attached hydrogens (tertiary/aromatic N) is 1. The van der Waals surface area contributed by atoms with Gasteiger partial charge in [-0.3, -0.25) is 0 Å². The van der Waals surface area contributed by atoms with E-state index in [0.717, 1.165) is 31.7 Å². The summed E-state index contributed by atoms with van der Waals surface area (Å²) >= 11 is 0. The Morgan fingerprint density at radius 3 is 2.47 bits per heavy atom. The van der Waals surface area contributed by atoms with E-state index in [0.29, 0.717) is 18.4 Å². The molecule has 2 fully saturated rings. The van der Waals surface area contributed by atoms with Gasteiger partial charge in [0.15, 0.2) is 0 Å². The van der Waals surface area contributed by atoms with Crippen LogP contribution in [0.4, 0.5) is 4.79 Å². The third kappa shape index (κ3) is 3.19. The minimum absolute atomic E-state index is 0. The Morgan fingerprint density at radius 1 is 1.21 bits per heavy atom. The second kappa shape index (κ2) is 6.26. The van der Waals surface area contributed by atoms with Gasteiger partial charge in [-0.25, -0.2) is 4.79 Å². The third-order valence-electron chi connectivity index (χ3n) is 3.85. The summed E-state index contributed by atoms with van der Waals surface area (Å²) in [5, 5.41) is 3.36. The molecule has 2 atom stereocenters. The number of amides is 1. The lowest BCUT2D eigenvalue weighted by molar-refractivity contribution is 0.102. The van der Waals surface area contributed by atoms with Crippen LogP contribution in [-0.4, -0.2) is 37.2 Å². The summed E-state index contributed by atoms with van der Waals surface area (Å²) in [5.74, 6) is 1.24. The monoisotopic (exact) mass is 282 g/mol. The van der Waals surface area contributed by atoms with Gasteiger partial charge in [-0.2, -0.15) is 0 Å². The summed E-state index contributed by atoms with van der Waals surface area (Å²) in [4.78, 5) is 13.8. The highest BCUT2D eigenvalue weighted by atomic mass is 35.5. The van der Waals surface area contributed by atoms with Gasteiger partial charge >= 0.3 is 6.09 Å². The fraction of sp³-hybridized carbons (Fsp3) is 0.500. The average molecular weight is 283 g/mol. The topological polar surface area (TPSA) is 41.6 Å². The predicted octanol–water partition coefficient (Wildman–Crippen LogP) is 1.90.